The Hall–Kier alpha value is -0.980. The van der Waals surface area contributed by atoms with Gasteiger partial charge in [-0.1, -0.05) is 0 Å². The Morgan fingerprint density at radius 1 is 1.33 bits per heavy atom. The molecule has 15 heavy (non-hydrogen) atoms. The number of urea groups is 1. The third-order valence-electron chi connectivity index (χ3n) is 1.39. The van der Waals surface area contributed by atoms with Crippen molar-refractivity contribution in [3.8, 4) is 0 Å². The highest BCUT2D eigenvalue weighted by atomic mass is 19.4. The van der Waals surface area contributed by atoms with Crippen LogP contribution in [0.1, 0.15) is 20.8 Å². The lowest BCUT2D eigenvalue weighted by atomic mass is 10.1. The molecule has 0 saturated heterocycles. The van der Waals surface area contributed by atoms with Crippen molar-refractivity contribution in [2.24, 2.45) is 5.73 Å². The molecule has 0 fully saturated rings. The van der Waals surface area contributed by atoms with E-state index in [1.807, 2.05) is 0 Å². The average Bonchev–Trinajstić information content (AvgIpc) is 1.94. The van der Waals surface area contributed by atoms with Gasteiger partial charge in [0.25, 0.3) is 0 Å². The molecule has 0 heterocycles. The van der Waals surface area contributed by atoms with Gasteiger partial charge in [-0.25, -0.2) is 4.79 Å². The minimum absolute atomic E-state index is 0.494. The number of halogens is 3. The number of amides is 2. The van der Waals surface area contributed by atoms with Gasteiger partial charge in [-0.3, -0.25) is 0 Å². The highest BCUT2D eigenvalue weighted by molar-refractivity contribution is 5.74. The van der Waals surface area contributed by atoms with Gasteiger partial charge in [0.1, 0.15) is 6.04 Å². The number of nitrogens with one attached hydrogen (secondary N) is 2. The molecule has 7 heteroatoms. The van der Waals surface area contributed by atoms with Crippen LogP contribution in [0.15, 0.2) is 0 Å². The molecule has 0 aromatic rings. The number of carbonyl (C=O) groups excluding carboxylic acids is 1. The van der Waals surface area contributed by atoms with Crippen LogP contribution in [-0.4, -0.2) is 30.3 Å². The number of nitrogens with two attached hydrogens (primary N) is 1. The second-order valence-electron chi connectivity index (χ2n) is 4.23. The van der Waals surface area contributed by atoms with E-state index < -0.39 is 30.3 Å². The van der Waals surface area contributed by atoms with Gasteiger partial charge in [0.15, 0.2) is 0 Å². The Morgan fingerprint density at radius 2 is 1.80 bits per heavy atom. The molecule has 4 N–H and O–H groups in total. The number of hydrogen-bond acceptors (Lipinski definition) is 2. The van der Waals surface area contributed by atoms with E-state index >= 15 is 0 Å². The van der Waals surface area contributed by atoms with Gasteiger partial charge < -0.3 is 16.4 Å². The maximum atomic E-state index is 11.9. The zero-order chi connectivity index (χ0) is 12.3. The molecule has 1 atom stereocenters. The van der Waals surface area contributed by atoms with Gasteiger partial charge >= 0.3 is 12.2 Å². The van der Waals surface area contributed by atoms with Crippen LogP contribution in [0.5, 0.6) is 0 Å². The monoisotopic (exact) mass is 227 g/mol. The van der Waals surface area contributed by atoms with Gasteiger partial charge in [-0.2, -0.15) is 13.2 Å². The summed E-state index contributed by atoms with van der Waals surface area (Å²) < 4.78 is 35.8. The minimum Gasteiger partial charge on any atom is -0.336 e. The van der Waals surface area contributed by atoms with Gasteiger partial charge in [-0.15, -0.1) is 0 Å². The van der Waals surface area contributed by atoms with Crippen molar-refractivity contribution >= 4 is 6.03 Å². The summed E-state index contributed by atoms with van der Waals surface area (Å²) in [6.07, 6.45) is -4.49. The maximum Gasteiger partial charge on any atom is 0.405 e. The first kappa shape index (κ1) is 14.0. The smallest absolute Gasteiger partial charge is 0.336 e. The number of rotatable bonds is 2. The van der Waals surface area contributed by atoms with Gasteiger partial charge in [-0.05, 0) is 20.8 Å². The largest absolute Gasteiger partial charge is 0.405 e. The molecule has 2 amide bonds. The van der Waals surface area contributed by atoms with E-state index in [9.17, 15) is 18.0 Å². The van der Waals surface area contributed by atoms with Crippen LogP contribution in [0.3, 0.4) is 0 Å². The molecule has 0 spiro atoms. The van der Waals surface area contributed by atoms with Crippen LogP contribution < -0.4 is 16.4 Å². The molecule has 0 saturated carbocycles. The van der Waals surface area contributed by atoms with Crippen molar-refractivity contribution in [3.63, 3.8) is 0 Å². The second kappa shape index (κ2) is 4.69. The number of hydrogen-bond donors (Lipinski definition) is 3. The first-order valence-corrected chi connectivity index (χ1v) is 4.40. The van der Waals surface area contributed by atoms with Crippen molar-refractivity contribution in [2.45, 2.75) is 38.5 Å². The zero-order valence-electron chi connectivity index (χ0n) is 8.90. The molecular formula is C8H16F3N3O. The summed E-state index contributed by atoms with van der Waals surface area (Å²) in [5.74, 6) is 0. The summed E-state index contributed by atoms with van der Waals surface area (Å²) in [6.45, 7) is 4.52. The predicted octanol–water partition coefficient (Wildman–Crippen LogP) is 0.974. The zero-order valence-corrected chi connectivity index (χ0v) is 8.90. The maximum absolute atomic E-state index is 11.9. The summed E-state index contributed by atoms with van der Waals surface area (Å²) in [5, 5.41) is 4.50. The van der Waals surface area contributed by atoms with Crippen LogP contribution >= 0.6 is 0 Å². The minimum atomic E-state index is -4.49. The van der Waals surface area contributed by atoms with Crippen molar-refractivity contribution in [2.75, 3.05) is 6.54 Å². The van der Waals surface area contributed by atoms with Crippen LogP contribution in [0.25, 0.3) is 0 Å². The van der Waals surface area contributed by atoms with Crippen molar-refractivity contribution in [3.05, 3.63) is 0 Å². The first-order valence-electron chi connectivity index (χ1n) is 4.40. The summed E-state index contributed by atoms with van der Waals surface area (Å²) in [4.78, 5) is 11.0. The van der Waals surface area contributed by atoms with Gasteiger partial charge in [0, 0.05) is 12.1 Å². The number of carbonyl (C=O) groups is 1. The fraction of sp³-hybridized carbons (Fsp3) is 0.875. The summed E-state index contributed by atoms with van der Waals surface area (Å²) in [6, 6.07) is -2.70. The molecule has 4 nitrogen and oxygen atoms in total. The average molecular weight is 227 g/mol. The molecule has 90 valence electrons. The lowest BCUT2D eigenvalue weighted by Gasteiger charge is -2.22. The quantitative estimate of drug-likeness (QED) is 0.658. The summed E-state index contributed by atoms with van der Waals surface area (Å²) in [7, 11) is 0. The summed E-state index contributed by atoms with van der Waals surface area (Å²) >= 11 is 0. The molecule has 0 bridgehead atoms. The summed E-state index contributed by atoms with van der Waals surface area (Å²) in [5.41, 5.74) is 4.30. The Balaban J connectivity index is 3.92. The van der Waals surface area contributed by atoms with Crippen LogP contribution in [-0.2, 0) is 0 Å². The van der Waals surface area contributed by atoms with E-state index in [4.69, 9.17) is 5.73 Å². The molecule has 0 aliphatic heterocycles. The SMILES string of the molecule is CC(C)(C)NC(=O)NCC(N)C(F)(F)F. The van der Waals surface area contributed by atoms with Crippen LogP contribution in [0.4, 0.5) is 18.0 Å². The third-order valence-corrected chi connectivity index (χ3v) is 1.39. The lowest BCUT2D eigenvalue weighted by molar-refractivity contribution is -0.146. The standard InChI is InChI=1S/C8H16F3N3O/c1-7(2,3)14-6(15)13-4-5(12)8(9,10)11/h5H,4,12H2,1-3H3,(H2,13,14,15). The second-order valence-corrected chi connectivity index (χ2v) is 4.23. The van der Waals surface area contributed by atoms with Crippen LogP contribution in [0, 0.1) is 0 Å². The number of alkyl halides is 3. The highest BCUT2D eigenvalue weighted by Gasteiger charge is 2.36. The van der Waals surface area contributed by atoms with E-state index in [0.717, 1.165) is 0 Å². The van der Waals surface area contributed by atoms with Gasteiger partial charge in [0.2, 0.25) is 0 Å². The van der Waals surface area contributed by atoms with Gasteiger partial charge in [0.05, 0.1) is 0 Å². The van der Waals surface area contributed by atoms with Crippen molar-refractivity contribution in [1.29, 1.82) is 0 Å². The Labute approximate surface area is 86.4 Å². The van der Waals surface area contributed by atoms with Crippen molar-refractivity contribution < 1.29 is 18.0 Å². The third kappa shape index (κ3) is 7.01. The van der Waals surface area contributed by atoms with E-state index in [0.29, 0.717) is 0 Å². The topological polar surface area (TPSA) is 67.2 Å². The molecule has 1 unspecified atom stereocenters. The van der Waals surface area contributed by atoms with Crippen LogP contribution in [0.2, 0.25) is 0 Å². The molecule has 0 aliphatic rings. The van der Waals surface area contributed by atoms with Crippen molar-refractivity contribution in [1.82, 2.24) is 10.6 Å². The first-order chi connectivity index (χ1) is 6.52. The van der Waals surface area contributed by atoms with E-state index in [1.54, 1.807) is 20.8 Å². The molecule has 0 aromatic carbocycles. The van der Waals surface area contributed by atoms with E-state index in [-0.39, 0.29) is 0 Å². The Bertz CT molecular complexity index is 222. The highest BCUT2D eigenvalue weighted by Crippen LogP contribution is 2.17. The normalized spacial score (nSPS) is 14.6. The Morgan fingerprint density at radius 3 is 2.13 bits per heavy atom. The van der Waals surface area contributed by atoms with E-state index in [2.05, 4.69) is 10.6 Å². The molecule has 0 rings (SSSR count). The fourth-order valence-corrected chi connectivity index (χ4v) is 0.703. The lowest BCUT2D eigenvalue weighted by Crippen LogP contribution is -2.52. The molecular weight excluding hydrogens is 211 g/mol. The molecule has 0 aliphatic carbocycles. The molecule has 0 aromatic heterocycles. The predicted molar refractivity (Wildman–Crippen MR) is 50.3 cm³/mol. The van der Waals surface area contributed by atoms with E-state index in [1.165, 1.54) is 0 Å². The molecule has 0 radical (unpaired) electrons. The Kier molecular flexibility index (Phi) is 4.39. The fourth-order valence-electron chi connectivity index (χ4n) is 0.703.